The number of hydrogen-bond donors (Lipinski definition) is 1. The molecule has 0 spiro atoms. The van der Waals surface area contributed by atoms with E-state index in [1.165, 1.54) is 120 Å². The van der Waals surface area contributed by atoms with Gasteiger partial charge in [0.2, 0.25) is 0 Å². The van der Waals surface area contributed by atoms with Crippen LogP contribution in [0.25, 0.3) is 0 Å². The van der Waals surface area contributed by atoms with Crippen LogP contribution >= 0.6 is 7.60 Å². The van der Waals surface area contributed by atoms with Gasteiger partial charge < -0.3 is 18.9 Å². The van der Waals surface area contributed by atoms with Gasteiger partial charge in [-0.3, -0.25) is 28.6 Å². The third-order valence-electron chi connectivity index (χ3n) is 10.2. The molecule has 11 heteroatoms. The van der Waals surface area contributed by atoms with E-state index < -0.39 is 13.7 Å². The number of rotatable bonds is 39. The van der Waals surface area contributed by atoms with E-state index in [9.17, 15) is 28.6 Å². The topological polar surface area (TPSA) is 137 Å². The van der Waals surface area contributed by atoms with E-state index in [-0.39, 0.29) is 56.0 Å². The van der Waals surface area contributed by atoms with Crippen molar-refractivity contribution < 1.29 is 42.6 Å². The lowest BCUT2D eigenvalue weighted by molar-refractivity contribution is -0.159. The zero-order chi connectivity index (χ0) is 39.5. The van der Waals surface area contributed by atoms with Gasteiger partial charge in [-0.1, -0.05) is 162 Å². The Balaban J connectivity index is 2.36. The van der Waals surface area contributed by atoms with Gasteiger partial charge in [0.1, 0.15) is 12.7 Å². The highest BCUT2D eigenvalue weighted by Gasteiger charge is 2.25. The van der Waals surface area contributed by atoms with Gasteiger partial charge in [-0.15, -0.1) is 0 Å². The Kier molecular flexibility index (Phi) is 31.7. The fourth-order valence-electron chi connectivity index (χ4n) is 6.68. The molecule has 314 valence electrons. The Bertz CT molecular complexity index is 1050. The van der Waals surface area contributed by atoms with Gasteiger partial charge in [-0.2, -0.15) is 0 Å². The van der Waals surface area contributed by atoms with Crippen molar-refractivity contribution in [2.24, 2.45) is 0 Å². The molecule has 0 aromatic rings. The van der Waals surface area contributed by atoms with Crippen LogP contribution in [0.2, 0.25) is 0 Å². The minimum absolute atomic E-state index is 0.0618. The monoisotopic (exact) mass is 784 g/mol. The van der Waals surface area contributed by atoms with Crippen molar-refractivity contribution in [2.45, 2.75) is 213 Å². The minimum atomic E-state index is -3.94. The van der Waals surface area contributed by atoms with Crippen LogP contribution in [0.4, 0.5) is 0 Å². The Morgan fingerprint density at radius 1 is 0.611 bits per heavy atom. The molecule has 0 aliphatic carbocycles. The van der Waals surface area contributed by atoms with E-state index in [0.717, 1.165) is 57.8 Å². The number of unbranched alkanes of at least 4 members (excludes halogenated alkanes) is 24. The van der Waals surface area contributed by atoms with Crippen molar-refractivity contribution in [2.75, 3.05) is 25.9 Å². The van der Waals surface area contributed by atoms with Crippen molar-refractivity contribution >= 4 is 31.3 Å². The van der Waals surface area contributed by atoms with Crippen LogP contribution in [0.1, 0.15) is 206 Å². The molecule has 0 saturated heterocycles. The molecule has 0 saturated carbocycles. The molecule has 1 heterocycles. The molecular weight excluding hydrogens is 705 g/mol. The van der Waals surface area contributed by atoms with Crippen LogP contribution in [-0.4, -0.2) is 65.6 Å². The molecule has 0 radical (unpaired) electrons. The summed E-state index contributed by atoms with van der Waals surface area (Å²) >= 11 is 0. The summed E-state index contributed by atoms with van der Waals surface area (Å²) in [5.41, 5.74) is 0. The number of carbonyl (C=O) groups is 4. The summed E-state index contributed by atoms with van der Waals surface area (Å²) in [5.74, 6) is -1.26. The van der Waals surface area contributed by atoms with Crippen LogP contribution in [0.15, 0.2) is 12.2 Å². The van der Waals surface area contributed by atoms with Crippen LogP contribution in [0.5, 0.6) is 0 Å². The van der Waals surface area contributed by atoms with Gasteiger partial charge in [-0.05, 0) is 32.1 Å². The van der Waals surface area contributed by atoms with Crippen molar-refractivity contribution in [3.8, 4) is 0 Å². The molecule has 0 aromatic carbocycles. The van der Waals surface area contributed by atoms with Gasteiger partial charge in [-0.25, -0.2) is 0 Å². The Morgan fingerprint density at radius 3 is 1.50 bits per heavy atom. The average Bonchev–Trinajstić information content (AvgIpc) is 3.47. The molecule has 54 heavy (non-hydrogen) atoms. The minimum Gasteiger partial charge on any atom is -0.462 e. The largest absolute Gasteiger partial charge is 0.462 e. The third-order valence-corrected chi connectivity index (χ3v) is 11.6. The predicted molar refractivity (Wildman–Crippen MR) is 217 cm³/mol. The fraction of sp³-hybridized carbons (Fsp3) is 0.860. The van der Waals surface area contributed by atoms with Crippen LogP contribution < -0.4 is 0 Å². The first kappa shape index (κ1) is 50.0. The number of imide groups is 1. The first-order valence-corrected chi connectivity index (χ1v) is 23.8. The number of esters is 2. The maximum atomic E-state index is 12.8. The first-order valence-electron chi connectivity index (χ1n) is 22.0. The SMILES string of the molecule is CCCCCCCCCCCCCC(=O)OC[C@H](CCP(=O)(O)OCCCCCCCN1C(=O)C=CC1=O)OC(=O)CCCCCCCCCCCCC. The average molecular weight is 784 g/mol. The van der Waals surface area contributed by atoms with Crippen molar-refractivity contribution in [1.29, 1.82) is 0 Å². The summed E-state index contributed by atoms with van der Waals surface area (Å²) in [7, 11) is -3.94. The second-order valence-corrected chi connectivity index (χ2v) is 17.3. The summed E-state index contributed by atoms with van der Waals surface area (Å²) in [5, 5.41) is 0. The lowest BCUT2D eigenvalue weighted by Crippen LogP contribution is -2.30. The van der Waals surface area contributed by atoms with Crippen molar-refractivity contribution in [3.63, 3.8) is 0 Å². The third kappa shape index (κ3) is 29.3. The van der Waals surface area contributed by atoms with Crippen LogP contribution in [0, 0.1) is 0 Å². The molecule has 1 N–H and O–H groups in total. The van der Waals surface area contributed by atoms with E-state index in [1.807, 2.05) is 0 Å². The predicted octanol–water partition coefficient (Wildman–Crippen LogP) is 11.3. The second kappa shape index (κ2) is 34.2. The molecule has 1 aliphatic heterocycles. The standard InChI is InChI=1S/C43H78NO9P/c1-3-5-7-9-11-13-15-17-19-22-26-30-42(47)51-38-39(53-43(48)31-27-23-20-18-16-14-12-10-8-6-4-2)34-37-54(49,50)52-36-29-25-21-24-28-35-44-40(45)32-33-41(44)46/h32-33,39H,3-31,34-38H2,1-2H3,(H,49,50)/t39-/m0/s1. The molecule has 0 fully saturated rings. The quantitative estimate of drug-likeness (QED) is 0.0279. The molecule has 1 unspecified atom stereocenters. The second-order valence-electron chi connectivity index (χ2n) is 15.3. The highest BCUT2D eigenvalue weighted by molar-refractivity contribution is 7.52. The molecule has 2 amide bonds. The van der Waals surface area contributed by atoms with Gasteiger partial charge in [0.15, 0.2) is 0 Å². The van der Waals surface area contributed by atoms with Gasteiger partial charge in [0.05, 0.1) is 12.8 Å². The number of carbonyl (C=O) groups excluding carboxylic acids is 4. The maximum Gasteiger partial charge on any atom is 0.328 e. The molecule has 10 nitrogen and oxygen atoms in total. The summed E-state index contributed by atoms with van der Waals surface area (Å²) in [4.78, 5) is 60.2. The van der Waals surface area contributed by atoms with E-state index in [4.69, 9.17) is 14.0 Å². The van der Waals surface area contributed by atoms with Crippen LogP contribution in [-0.2, 0) is 37.7 Å². The Labute approximate surface area is 328 Å². The maximum absolute atomic E-state index is 12.8. The zero-order valence-electron chi connectivity index (χ0n) is 34.4. The smallest absolute Gasteiger partial charge is 0.328 e. The van der Waals surface area contributed by atoms with Crippen LogP contribution in [0.3, 0.4) is 0 Å². The molecule has 0 aromatic heterocycles. The lowest BCUT2D eigenvalue weighted by Gasteiger charge is -2.20. The summed E-state index contributed by atoms with van der Waals surface area (Å²) in [6.45, 7) is 4.85. The van der Waals surface area contributed by atoms with Gasteiger partial charge in [0.25, 0.3) is 11.8 Å². The first-order chi connectivity index (χ1) is 26.2. The molecule has 0 bridgehead atoms. The summed E-state index contributed by atoms with van der Waals surface area (Å²) < 4.78 is 29.3. The Hall–Kier alpha value is -2.03. The highest BCUT2D eigenvalue weighted by Crippen LogP contribution is 2.43. The molecule has 1 aliphatic rings. The molecule has 1 rings (SSSR count). The number of hydrogen-bond acceptors (Lipinski definition) is 8. The lowest BCUT2D eigenvalue weighted by atomic mass is 10.1. The number of amides is 2. The highest BCUT2D eigenvalue weighted by atomic mass is 31.2. The van der Waals surface area contributed by atoms with E-state index >= 15 is 0 Å². The number of ether oxygens (including phenoxy) is 2. The zero-order valence-corrected chi connectivity index (χ0v) is 35.3. The summed E-state index contributed by atoms with van der Waals surface area (Å²) in [6.07, 6.45) is 32.1. The van der Waals surface area contributed by atoms with E-state index in [0.29, 0.717) is 25.8 Å². The molecular formula is C43H78NO9P. The summed E-state index contributed by atoms with van der Waals surface area (Å²) in [6, 6.07) is 0. The van der Waals surface area contributed by atoms with E-state index in [2.05, 4.69) is 13.8 Å². The van der Waals surface area contributed by atoms with E-state index in [1.54, 1.807) is 0 Å². The fourth-order valence-corrected chi connectivity index (χ4v) is 7.84. The van der Waals surface area contributed by atoms with Gasteiger partial charge >= 0.3 is 19.5 Å². The number of nitrogens with zero attached hydrogens (tertiary/aromatic N) is 1. The van der Waals surface area contributed by atoms with Gasteiger partial charge in [0, 0.05) is 31.5 Å². The molecule has 2 atom stereocenters. The van der Waals surface area contributed by atoms with Crippen molar-refractivity contribution in [1.82, 2.24) is 4.90 Å². The normalized spacial score (nSPS) is 14.5. The van der Waals surface area contributed by atoms with Crippen molar-refractivity contribution in [3.05, 3.63) is 12.2 Å². The Morgan fingerprint density at radius 2 is 1.02 bits per heavy atom.